The van der Waals surface area contributed by atoms with Crippen LogP contribution in [0.25, 0.3) is 11.3 Å². The van der Waals surface area contributed by atoms with Crippen molar-refractivity contribution >= 4 is 23.1 Å². The number of carbonyl (C=O) groups excluding carboxylic acids is 2. The first-order chi connectivity index (χ1) is 13.7. The van der Waals surface area contributed by atoms with Crippen molar-refractivity contribution in [1.82, 2.24) is 4.90 Å². The minimum absolute atomic E-state index is 0.0265. The number of ketones is 1. The van der Waals surface area contributed by atoms with E-state index in [1.165, 1.54) is 0 Å². The van der Waals surface area contributed by atoms with Crippen LogP contribution in [0, 0.1) is 0 Å². The molecule has 1 heterocycles. The van der Waals surface area contributed by atoms with Crippen LogP contribution in [0.15, 0.2) is 54.6 Å². The van der Waals surface area contributed by atoms with Crippen LogP contribution in [-0.2, 0) is 9.53 Å². The van der Waals surface area contributed by atoms with Gasteiger partial charge in [0.1, 0.15) is 12.4 Å². The molecule has 0 aliphatic carbocycles. The average Bonchev–Trinajstić information content (AvgIpc) is 3.16. The summed E-state index contributed by atoms with van der Waals surface area (Å²) in [7, 11) is 1.60. The van der Waals surface area contributed by atoms with Gasteiger partial charge in [0.05, 0.1) is 19.4 Å². The number of cyclic esters (lactones) is 1. The van der Waals surface area contributed by atoms with E-state index in [4.69, 9.17) is 9.47 Å². The number of ether oxygens (including phenoxy) is 2. The normalized spacial score (nSPS) is 14.5. The van der Waals surface area contributed by atoms with E-state index in [0.29, 0.717) is 36.6 Å². The average molecular weight is 379 g/mol. The fourth-order valence-corrected chi connectivity index (χ4v) is 3.28. The van der Waals surface area contributed by atoms with E-state index in [9.17, 15) is 9.59 Å². The standard InChI is InChI=1S/C23H25NO4/c1-3-4-10-20(25)21(17-8-6-5-7-9-17)22(24-15-16-28-23(24)26)18-11-13-19(27-2)14-12-18/h5-9,11-14H,3-4,10,15-16H2,1-2H3/b22-21+. The number of hydrogen-bond donors (Lipinski definition) is 0. The predicted octanol–water partition coefficient (Wildman–Crippen LogP) is 4.78. The summed E-state index contributed by atoms with van der Waals surface area (Å²) in [6.45, 7) is 2.78. The maximum Gasteiger partial charge on any atom is 0.414 e. The Labute approximate surface area is 165 Å². The zero-order valence-corrected chi connectivity index (χ0v) is 16.3. The summed E-state index contributed by atoms with van der Waals surface area (Å²) < 4.78 is 10.4. The van der Waals surface area contributed by atoms with Crippen molar-refractivity contribution in [2.75, 3.05) is 20.3 Å². The molecule has 146 valence electrons. The van der Waals surface area contributed by atoms with Gasteiger partial charge in [0.2, 0.25) is 0 Å². The Kier molecular flexibility index (Phi) is 6.48. The number of unbranched alkanes of at least 4 members (excludes halogenated alkanes) is 1. The monoisotopic (exact) mass is 379 g/mol. The Bertz CT molecular complexity index is 856. The zero-order chi connectivity index (χ0) is 19.9. The van der Waals surface area contributed by atoms with Crippen molar-refractivity contribution in [3.8, 4) is 5.75 Å². The van der Waals surface area contributed by atoms with Crippen LogP contribution in [0.3, 0.4) is 0 Å². The molecule has 0 bridgehead atoms. The van der Waals surface area contributed by atoms with Gasteiger partial charge in [-0.15, -0.1) is 0 Å². The Hall–Kier alpha value is -3.08. The second-order valence-corrected chi connectivity index (χ2v) is 6.61. The van der Waals surface area contributed by atoms with E-state index in [-0.39, 0.29) is 5.78 Å². The molecule has 1 fully saturated rings. The molecule has 5 heteroatoms. The predicted molar refractivity (Wildman–Crippen MR) is 109 cm³/mol. The van der Waals surface area contributed by atoms with Crippen LogP contribution < -0.4 is 4.74 Å². The van der Waals surface area contributed by atoms with E-state index < -0.39 is 6.09 Å². The summed E-state index contributed by atoms with van der Waals surface area (Å²) >= 11 is 0. The Balaban J connectivity index is 2.21. The van der Waals surface area contributed by atoms with Crippen LogP contribution in [-0.4, -0.2) is 37.0 Å². The van der Waals surface area contributed by atoms with Crippen molar-refractivity contribution in [2.24, 2.45) is 0 Å². The van der Waals surface area contributed by atoms with Crippen molar-refractivity contribution in [3.63, 3.8) is 0 Å². The van der Waals surface area contributed by atoms with Gasteiger partial charge in [-0.25, -0.2) is 4.79 Å². The molecule has 0 saturated carbocycles. The van der Waals surface area contributed by atoms with Gasteiger partial charge in [-0.2, -0.15) is 0 Å². The third kappa shape index (κ3) is 4.25. The molecule has 1 aliphatic heterocycles. The maximum atomic E-state index is 13.2. The Morgan fingerprint density at radius 1 is 1.07 bits per heavy atom. The minimum atomic E-state index is -0.428. The van der Waals surface area contributed by atoms with Crippen molar-refractivity contribution in [3.05, 3.63) is 65.7 Å². The number of allylic oxidation sites excluding steroid dienone is 1. The largest absolute Gasteiger partial charge is 0.497 e. The Morgan fingerprint density at radius 3 is 2.36 bits per heavy atom. The SMILES string of the molecule is CCCCC(=O)/C(=C(\c1ccc(OC)cc1)N1CCOC1=O)c1ccccc1. The topological polar surface area (TPSA) is 55.8 Å². The summed E-state index contributed by atoms with van der Waals surface area (Å²) in [5, 5.41) is 0. The highest BCUT2D eigenvalue weighted by Gasteiger charge is 2.31. The van der Waals surface area contributed by atoms with Crippen molar-refractivity contribution in [2.45, 2.75) is 26.2 Å². The third-order valence-electron chi connectivity index (χ3n) is 4.73. The first-order valence-electron chi connectivity index (χ1n) is 9.57. The smallest absolute Gasteiger partial charge is 0.414 e. The number of benzene rings is 2. The van der Waals surface area contributed by atoms with E-state index in [0.717, 1.165) is 24.0 Å². The van der Waals surface area contributed by atoms with Gasteiger partial charge in [-0.05, 0) is 41.8 Å². The summed E-state index contributed by atoms with van der Waals surface area (Å²) in [4.78, 5) is 27.2. The Morgan fingerprint density at radius 2 is 1.79 bits per heavy atom. The summed E-state index contributed by atoms with van der Waals surface area (Å²) in [6, 6.07) is 16.9. The molecular formula is C23H25NO4. The third-order valence-corrected chi connectivity index (χ3v) is 4.73. The van der Waals surface area contributed by atoms with E-state index in [1.54, 1.807) is 12.0 Å². The number of rotatable bonds is 8. The number of methoxy groups -OCH3 is 1. The van der Waals surface area contributed by atoms with Crippen LogP contribution in [0.1, 0.15) is 37.3 Å². The molecule has 5 nitrogen and oxygen atoms in total. The second kappa shape index (κ2) is 9.22. The van der Waals surface area contributed by atoms with Gasteiger partial charge >= 0.3 is 6.09 Å². The molecule has 1 aliphatic rings. The summed E-state index contributed by atoms with van der Waals surface area (Å²) in [5.74, 6) is 0.740. The van der Waals surface area contributed by atoms with E-state index in [1.807, 2.05) is 54.6 Å². The highest BCUT2D eigenvalue weighted by atomic mass is 16.6. The van der Waals surface area contributed by atoms with Crippen LogP contribution in [0.5, 0.6) is 5.75 Å². The lowest BCUT2D eigenvalue weighted by atomic mass is 9.93. The summed E-state index contributed by atoms with van der Waals surface area (Å²) in [6.07, 6.45) is 1.73. The van der Waals surface area contributed by atoms with Crippen LogP contribution >= 0.6 is 0 Å². The fraction of sp³-hybridized carbons (Fsp3) is 0.304. The molecular weight excluding hydrogens is 354 g/mol. The maximum absolute atomic E-state index is 13.2. The molecule has 2 aromatic rings. The number of hydrogen-bond acceptors (Lipinski definition) is 4. The van der Waals surface area contributed by atoms with Crippen molar-refractivity contribution in [1.29, 1.82) is 0 Å². The molecule has 0 radical (unpaired) electrons. The van der Waals surface area contributed by atoms with E-state index >= 15 is 0 Å². The molecule has 1 amide bonds. The molecule has 0 aromatic heterocycles. The van der Waals surface area contributed by atoms with Crippen molar-refractivity contribution < 1.29 is 19.1 Å². The molecule has 0 N–H and O–H groups in total. The first-order valence-corrected chi connectivity index (χ1v) is 9.57. The highest BCUT2D eigenvalue weighted by Crippen LogP contribution is 2.34. The minimum Gasteiger partial charge on any atom is -0.497 e. The highest BCUT2D eigenvalue weighted by molar-refractivity contribution is 6.28. The van der Waals surface area contributed by atoms with Gasteiger partial charge in [0.25, 0.3) is 0 Å². The van der Waals surface area contributed by atoms with Gasteiger partial charge in [0.15, 0.2) is 5.78 Å². The van der Waals surface area contributed by atoms with Crippen LogP contribution in [0.2, 0.25) is 0 Å². The molecule has 3 rings (SSSR count). The molecule has 28 heavy (non-hydrogen) atoms. The number of Topliss-reactive ketones (excluding diaryl/α,β-unsaturated/α-hetero) is 1. The van der Waals surface area contributed by atoms with Crippen LogP contribution in [0.4, 0.5) is 4.79 Å². The molecule has 0 spiro atoms. The number of carbonyl (C=O) groups is 2. The number of nitrogens with zero attached hydrogens (tertiary/aromatic N) is 1. The van der Waals surface area contributed by atoms with Gasteiger partial charge in [-0.1, -0.05) is 43.7 Å². The summed E-state index contributed by atoms with van der Waals surface area (Å²) in [5.41, 5.74) is 2.73. The lowest BCUT2D eigenvalue weighted by molar-refractivity contribution is -0.113. The van der Waals surface area contributed by atoms with Gasteiger partial charge in [-0.3, -0.25) is 9.69 Å². The second-order valence-electron chi connectivity index (χ2n) is 6.61. The fourth-order valence-electron chi connectivity index (χ4n) is 3.28. The lowest BCUT2D eigenvalue weighted by Gasteiger charge is -2.22. The van der Waals surface area contributed by atoms with Gasteiger partial charge in [0, 0.05) is 12.0 Å². The zero-order valence-electron chi connectivity index (χ0n) is 16.3. The first kappa shape index (κ1) is 19.7. The molecule has 0 atom stereocenters. The number of amides is 1. The lowest BCUT2D eigenvalue weighted by Crippen LogP contribution is -2.25. The van der Waals surface area contributed by atoms with Gasteiger partial charge < -0.3 is 9.47 Å². The molecule has 2 aromatic carbocycles. The van der Waals surface area contributed by atoms with E-state index in [2.05, 4.69) is 6.92 Å². The quantitative estimate of drug-likeness (QED) is 0.489. The molecule has 1 saturated heterocycles. The molecule has 0 unspecified atom stereocenters.